The van der Waals surface area contributed by atoms with E-state index >= 15 is 0 Å². The zero-order valence-corrected chi connectivity index (χ0v) is 14.8. The van der Waals surface area contributed by atoms with Crippen molar-refractivity contribution in [2.24, 2.45) is 28.1 Å². The summed E-state index contributed by atoms with van der Waals surface area (Å²) in [5.41, 5.74) is -1.01. The molecule has 2 spiro atoms. The third-order valence-electron chi connectivity index (χ3n) is 8.22. The molecule has 4 fully saturated rings. The molecule has 0 amide bonds. The number of carbonyl (C=O) groups is 2. The van der Waals surface area contributed by atoms with Crippen LogP contribution in [0.5, 0.6) is 0 Å². The molecule has 0 bridgehead atoms. The summed E-state index contributed by atoms with van der Waals surface area (Å²) < 4.78 is 16.2. The molecule has 1 aromatic rings. The van der Waals surface area contributed by atoms with E-state index in [1.807, 2.05) is 6.92 Å². The first-order valence-electron chi connectivity index (χ1n) is 9.36. The van der Waals surface area contributed by atoms with Crippen LogP contribution in [0.15, 0.2) is 34.7 Å². The Morgan fingerprint density at radius 1 is 1.26 bits per heavy atom. The average molecular weight is 372 g/mol. The monoisotopic (exact) mass is 372 g/mol. The molecule has 2 aliphatic heterocycles. The second-order valence-corrected chi connectivity index (χ2v) is 8.90. The van der Waals surface area contributed by atoms with Gasteiger partial charge in [0.1, 0.15) is 18.1 Å². The summed E-state index contributed by atoms with van der Waals surface area (Å²) in [6.07, 6.45) is 3.19. The lowest BCUT2D eigenvalue weighted by atomic mass is 9.52. The second-order valence-electron chi connectivity index (χ2n) is 8.90. The van der Waals surface area contributed by atoms with Gasteiger partial charge >= 0.3 is 11.9 Å². The summed E-state index contributed by atoms with van der Waals surface area (Å²) >= 11 is 0. The highest BCUT2D eigenvalue weighted by molar-refractivity contribution is 5.94. The van der Waals surface area contributed by atoms with Gasteiger partial charge in [-0.1, -0.05) is 6.92 Å². The lowest BCUT2D eigenvalue weighted by Gasteiger charge is -2.51. The van der Waals surface area contributed by atoms with Gasteiger partial charge in [-0.25, -0.2) is 4.79 Å². The van der Waals surface area contributed by atoms with Gasteiger partial charge in [0.05, 0.1) is 24.7 Å². The molecule has 142 valence electrons. The number of fused-ring (bicyclic) bond motifs is 2. The van der Waals surface area contributed by atoms with Crippen LogP contribution in [0.2, 0.25) is 0 Å². The van der Waals surface area contributed by atoms with Gasteiger partial charge in [-0.05, 0) is 36.3 Å². The third-order valence-corrected chi connectivity index (χ3v) is 8.22. The van der Waals surface area contributed by atoms with Crippen LogP contribution >= 0.6 is 0 Å². The molecule has 7 nitrogen and oxygen atoms in total. The van der Waals surface area contributed by atoms with Crippen LogP contribution in [-0.4, -0.2) is 41.0 Å². The molecule has 2 saturated heterocycles. The van der Waals surface area contributed by atoms with E-state index in [1.54, 1.807) is 18.4 Å². The summed E-state index contributed by atoms with van der Waals surface area (Å²) in [6, 6.07) is 1.77. The lowest BCUT2D eigenvalue weighted by Crippen LogP contribution is -2.55. The first-order chi connectivity index (χ1) is 12.9. The van der Waals surface area contributed by atoms with Gasteiger partial charge in [-0.2, -0.15) is 0 Å². The van der Waals surface area contributed by atoms with Crippen molar-refractivity contribution < 1.29 is 33.7 Å². The van der Waals surface area contributed by atoms with Crippen LogP contribution in [0.1, 0.15) is 31.4 Å². The van der Waals surface area contributed by atoms with Crippen molar-refractivity contribution in [3.05, 3.63) is 35.8 Å². The zero-order chi connectivity index (χ0) is 18.8. The molecule has 8 atom stereocenters. The number of aliphatic hydroxyl groups excluding tert-OH is 2. The maximum absolute atomic E-state index is 13.0. The van der Waals surface area contributed by atoms with E-state index in [1.165, 1.54) is 6.26 Å². The summed E-state index contributed by atoms with van der Waals surface area (Å²) in [5, 5.41) is 21.6. The van der Waals surface area contributed by atoms with Gasteiger partial charge < -0.3 is 24.1 Å². The van der Waals surface area contributed by atoms with Gasteiger partial charge in [0.2, 0.25) is 0 Å². The van der Waals surface area contributed by atoms with Gasteiger partial charge in [-0.15, -0.1) is 0 Å². The first kappa shape index (κ1) is 15.9. The lowest BCUT2D eigenvalue weighted by molar-refractivity contribution is -0.168. The smallest absolute Gasteiger partial charge is 0.334 e. The minimum Gasteiger partial charge on any atom is -0.472 e. The molecule has 0 aromatic carbocycles. The summed E-state index contributed by atoms with van der Waals surface area (Å²) in [7, 11) is 0. The summed E-state index contributed by atoms with van der Waals surface area (Å²) in [4.78, 5) is 25.3. The molecule has 5 aliphatic rings. The fraction of sp³-hybridized carbons (Fsp3) is 0.600. The van der Waals surface area contributed by atoms with Crippen LogP contribution in [0.4, 0.5) is 0 Å². The quantitative estimate of drug-likeness (QED) is 0.712. The van der Waals surface area contributed by atoms with Crippen LogP contribution in [0.25, 0.3) is 0 Å². The maximum atomic E-state index is 13.0. The van der Waals surface area contributed by atoms with Crippen molar-refractivity contribution in [2.45, 2.75) is 38.1 Å². The molecule has 7 heteroatoms. The van der Waals surface area contributed by atoms with E-state index in [0.29, 0.717) is 12.0 Å². The van der Waals surface area contributed by atoms with E-state index in [9.17, 15) is 19.8 Å². The zero-order valence-electron chi connectivity index (χ0n) is 14.8. The van der Waals surface area contributed by atoms with Gasteiger partial charge in [-0.3, -0.25) is 4.79 Å². The number of carbonyl (C=O) groups excluding carboxylic acids is 2. The van der Waals surface area contributed by atoms with E-state index in [-0.39, 0.29) is 30.8 Å². The van der Waals surface area contributed by atoms with Crippen LogP contribution in [0, 0.1) is 28.1 Å². The van der Waals surface area contributed by atoms with Crippen molar-refractivity contribution in [3.63, 3.8) is 0 Å². The van der Waals surface area contributed by atoms with E-state index in [0.717, 1.165) is 5.56 Å². The van der Waals surface area contributed by atoms with Crippen molar-refractivity contribution in [3.8, 4) is 0 Å². The minimum absolute atomic E-state index is 0.151. The Bertz CT molecular complexity index is 903. The fourth-order valence-corrected chi connectivity index (χ4v) is 7.23. The molecular formula is C20H20O7. The largest absolute Gasteiger partial charge is 0.472 e. The molecule has 3 heterocycles. The SMILES string of the molecule is C[C@@]12[C@H]3C[C@H](O)C=C4C(=O)OC[C@]43C[C@H](O)[C@]13C(=O)O[C@@H](c1ccoc1)[C@@H]23. The minimum atomic E-state index is -1.00. The topological polar surface area (TPSA) is 106 Å². The van der Waals surface area contributed by atoms with Crippen LogP contribution < -0.4 is 0 Å². The first-order valence-corrected chi connectivity index (χ1v) is 9.36. The predicted octanol–water partition coefficient (Wildman–Crippen LogP) is 1.11. The number of furan rings is 1. The molecule has 6 rings (SSSR count). The normalized spacial score (nSPS) is 52.1. The molecule has 27 heavy (non-hydrogen) atoms. The number of ether oxygens (including phenoxy) is 2. The van der Waals surface area contributed by atoms with Gasteiger partial charge in [0.15, 0.2) is 0 Å². The molecule has 0 unspecified atom stereocenters. The Labute approximate surface area is 154 Å². The van der Waals surface area contributed by atoms with Crippen molar-refractivity contribution in [1.29, 1.82) is 0 Å². The number of hydrogen-bond donors (Lipinski definition) is 2. The van der Waals surface area contributed by atoms with E-state index < -0.39 is 40.5 Å². The number of hydrogen-bond acceptors (Lipinski definition) is 7. The second kappa shape index (κ2) is 4.47. The predicted molar refractivity (Wildman–Crippen MR) is 87.8 cm³/mol. The Kier molecular flexibility index (Phi) is 2.63. The molecule has 2 N–H and O–H groups in total. The molecule has 1 aromatic heterocycles. The highest BCUT2D eigenvalue weighted by atomic mass is 16.6. The van der Waals surface area contributed by atoms with Crippen molar-refractivity contribution >= 4 is 11.9 Å². The summed E-state index contributed by atoms with van der Waals surface area (Å²) in [6.45, 7) is 2.19. The molecule has 2 saturated carbocycles. The highest BCUT2D eigenvalue weighted by Crippen LogP contribution is 2.87. The number of rotatable bonds is 1. The van der Waals surface area contributed by atoms with E-state index in [2.05, 4.69) is 0 Å². The Morgan fingerprint density at radius 2 is 2.07 bits per heavy atom. The Morgan fingerprint density at radius 3 is 2.81 bits per heavy atom. The number of esters is 2. The fourth-order valence-electron chi connectivity index (χ4n) is 7.23. The van der Waals surface area contributed by atoms with E-state index in [4.69, 9.17) is 13.9 Å². The number of aliphatic hydroxyl groups is 2. The molecule has 0 radical (unpaired) electrons. The highest BCUT2D eigenvalue weighted by Gasteiger charge is 2.93. The van der Waals surface area contributed by atoms with Crippen LogP contribution in [-0.2, 0) is 19.1 Å². The molecular weight excluding hydrogens is 352 g/mol. The number of cyclic esters (lactones) is 2. The van der Waals surface area contributed by atoms with Crippen molar-refractivity contribution in [1.82, 2.24) is 0 Å². The van der Waals surface area contributed by atoms with Gasteiger partial charge in [0.25, 0.3) is 0 Å². The van der Waals surface area contributed by atoms with Crippen LogP contribution in [0.3, 0.4) is 0 Å². The standard InChI is InChI=1S/C20H20O7/c1-18-12-5-10(21)4-11-16(23)26-8-19(11,12)6-13(22)20(18)15(18)14(27-17(20)24)9-2-3-25-7-9/h2-4,7,10,12-15,21-22H,5-6,8H2,1H3/t10-,12-,13+,14+,15+,18+,19-,20+/m1/s1. The Hall–Kier alpha value is -2.12. The van der Waals surface area contributed by atoms with Crippen molar-refractivity contribution in [2.75, 3.05) is 6.61 Å². The maximum Gasteiger partial charge on any atom is 0.334 e. The summed E-state index contributed by atoms with van der Waals surface area (Å²) in [5.74, 6) is -1.19. The molecule has 3 aliphatic carbocycles. The average Bonchev–Trinajstić information content (AvgIpc) is 3.06. The Balaban J connectivity index is 1.52. The third kappa shape index (κ3) is 1.45. The van der Waals surface area contributed by atoms with Gasteiger partial charge in [0, 0.05) is 22.5 Å².